The van der Waals surface area contributed by atoms with E-state index < -0.39 is 31.5 Å². The van der Waals surface area contributed by atoms with Crippen LogP contribution in [-0.4, -0.2) is 87.3 Å². The smallest absolute Gasteiger partial charge is 0.297 e. The fourth-order valence-electron chi connectivity index (χ4n) is 2.19. The maximum absolute atomic E-state index is 5.87. The number of ether oxygens (including phenoxy) is 6. The van der Waals surface area contributed by atoms with Gasteiger partial charge in [0.2, 0.25) is 0 Å². The summed E-state index contributed by atoms with van der Waals surface area (Å²) >= 11 is 0. The molecule has 0 heterocycles. The molecular formula is C16H30O8Si2. The lowest BCUT2D eigenvalue weighted by atomic mass is 10.4. The molecule has 0 saturated carbocycles. The van der Waals surface area contributed by atoms with Gasteiger partial charge in [-0.1, -0.05) is 24.3 Å². The summed E-state index contributed by atoms with van der Waals surface area (Å²) in [5, 5.41) is 2.22. The van der Waals surface area contributed by atoms with Gasteiger partial charge in [-0.15, -0.1) is 0 Å². The van der Waals surface area contributed by atoms with E-state index in [0.717, 1.165) is 10.4 Å². The highest BCUT2D eigenvalue weighted by molar-refractivity contribution is 6.49. The second-order valence-corrected chi connectivity index (χ2v) is 8.23. The summed E-state index contributed by atoms with van der Waals surface area (Å²) in [5.74, 6) is -2.32. The van der Waals surface area contributed by atoms with Crippen LogP contribution in [-0.2, 0) is 37.3 Å². The molecule has 8 nitrogen and oxygen atoms in total. The average Bonchev–Trinajstić information content (AvgIpc) is 2.69. The zero-order valence-electron chi connectivity index (χ0n) is 16.4. The van der Waals surface area contributed by atoms with Crippen molar-refractivity contribution < 1.29 is 37.3 Å². The predicted octanol–water partition coefficient (Wildman–Crippen LogP) is -1.68. The van der Waals surface area contributed by atoms with E-state index in [1.807, 2.05) is 24.3 Å². The van der Waals surface area contributed by atoms with Gasteiger partial charge < -0.3 is 37.3 Å². The molecule has 0 spiro atoms. The Labute approximate surface area is 159 Å². The molecule has 0 aliphatic heterocycles. The fourth-order valence-corrected chi connectivity index (χ4v) is 4.46. The first kappa shape index (κ1) is 23.4. The number of hydrogen-bond acceptors (Lipinski definition) is 8. The van der Waals surface area contributed by atoms with Crippen molar-refractivity contribution in [1.82, 2.24) is 0 Å². The molecule has 1 aromatic rings. The quantitative estimate of drug-likeness (QED) is 0.268. The van der Waals surface area contributed by atoms with E-state index in [1.54, 1.807) is 14.2 Å². The number of hydrogen-bond donors (Lipinski definition) is 0. The highest BCUT2D eigenvalue weighted by Crippen LogP contribution is 2.13. The SMILES string of the molecule is COCC(OC)(OC)O[SiH2]c1ccc([SiH2]OC(COC)(OC)OC)cc1. The number of rotatable bonds is 14. The van der Waals surface area contributed by atoms with Crippen LogP contribution in [0.1, 0.15) is 0 Å². The Morgan fingerprint density at radius 3 is 1.15 bits per heavy atom. The van der Waals surface area contributed by atoms with Crippen molar-refractivity contribution in [3.05, 3.63) is 24.3 Å². The molecule has 0 aromatic heterocycles. The molecule has 0 saturated heterocycles. The van der Waals surface area contributed by atoms with Crippen LogP contribution in [0.3, 0.4) is 0 Å². The molecule has 1 rings (SSSR count). The van der Waals surface area contributed by atoms with Crippen LogP contribution in [0.25, 0.3) is 0 Å². The zero-order valence-corrected chi connectivity index (χ0v) is 19.2. The monoisotopic (exact) mass is 406 g/mol. The van der Waals surface area contributed by atoms with Gasteiger partial charge in [0.1, 0.15) is 13.2 Å². The van der Waals surface area contributed by atoms with Crippen molar-refractivity contribution in [2.75, 3.05) is 55.9 Å². The molecule has 0 radical (unpaired) electrons. The second kappa shape index (κ2) is 11.9. The van der Waals surface area contributed by atoms with Gasteiger partial charge in [0.05, 0.1) is 0 Å². The van der Waals surface area contributed by atoms with E-state index in [4.69, 9.17) is 37.3 Å². The minimum atomic E-state index is -1.16. The maximum atomic E-state index is 5.87. The van der Waals surface area contributed by atoms with Crippen LogP contribution in [0, 0.1) is 0 Å². The summed E-state index contributed by atoms with van der Waals surface area (Å²) in [5.41, 5.74) is 0. The Morgan fingerprint density at radius 2 is 0.923 bits per heavy atom. The van der Waals surface area contributed by atoms with Crippen molar-refractivity contribution >= 4 is 29.9 Å². The van der Waals surface area contributed by atoms with Gasteiger partial charge >= 0.3 is 0 Å². The van der Waals surface area contributed by atoms with Gasteiger partial charge in [0, 0.05) is 42.7 Å². The first-order chi connectivity index (χ1) is 12.5. The predicted molar refractivity (Wildman–Crippen MR) is 102 cm³/mol. The Bertz CT molecular complexity index is 447. The largest absolute Gasteiger partial charge is 0.376 e. The van der Waals surface area contributed by atoms with Crippen LogP contribution in [0.5, 0.6) is 0 Å². The average molecular weight is 407 g/mol. The van der Waals surface area contributed by atoms with Gasteiger partial charge in [-0.2, -0.15) is 0 Å². The Balaban J connectivity index is 2.63. The normalized spacial score (nSPS) is 13.5. The van der Waals surface area contributed by atoms with Crippen LogP contribution in [0.2, 0.25) is 0 Å². The van der Waals surface area contributed by atoms with E-state index in [1.165, 1.54) is 28.4 Å². The van der Waals surface area contributed by atoms with Crippen molar-refractivity contribution in [2.24, 2.45) is 0 Å². The van der Waals surface area contributed by atoms with E-state index >= 15 is 0 Å². The third-order valence-electron chi connectivity index (χ3n) is 3.83. The molecule has 0 fully saturated rings. The van der Waals surface area contributed by atoms with Gasteiger partial charge in [-0.25, -0.2) is 0 Å². The Kier molecular flexibility index (Phi) is 10.7. The summed E-state index contributed by atoms with van der Waals surface area (Å²) < 4.78 is 43.2. The maximum Gasteiger partial charge on any atom is 0.297 e. The van der Waals surface area contributed by atoms with E-state index in [-0.39, 0.29) is 13.2 Å². The summed E-state index contributed by atoms with van der Waals surface area (Å²) in [4.78, 5) is 0. The van der Waals surface area contributed by atoms with Gasteiger partial charge in [0.15, 0.2) is 19.5 Å². The first-order valence-electron chi connectivity index (χ1n) is 8.06. The molecule has 26 heavy (non-hydrogen) atoms. The molecular weight excluding hydrogens is 376 g/mol. The molecule has 0 bridgehead atoms. The highest BCUT2D eigenvalue weighted by Gasteiger charge is 2.31. The molecule has 0 aliphatic carbocycles. The third-order valence-corrected chi connectivity index (χ3v) is 6.60. The first-order valence-corrected chi connectivity index (χ1v) is 10.6. The van der Waals surface area contributed by atoms with Gasteiger partial charge in [-0.3, -0.25) is 0 Å². The fraction of sp³-hybridized carbons (Fsp3) is 0.625. The minimum Gasteiger partial charge on any atom is -0.376 e. The summed E-state index contributed by atoms with van der Waals surface area (Å²) in [7, 11) is 7.14. The molecule has 0 unspecified atom stereocenters. The lowest BCUT2D eigenvalue weighted by molar-refractivity contribution is -0.339. The highest BCUT2D eigenvalue weighted by atomic mass is 28.2. The Hall–Kier alpha value is -0.666. The van der Waals surface area contributed by atoms with Crippen LogP contribution >= 0.6 is 0 Å². The van der Waals surface area contributed by atoms with Crippen molar-refractivity contribution in [3.8, 4) is 0 Å². The summed E-state index contributed by atoms with van der Waals surface area (Å²) in [6, 6.07) is 8.10. The second-order valence-electron chi connectivity index (χ2n) is 5.44. The van der Waals surface area contributed by atoms with E-state index in [9.17, 15) is 0 Å². The van der Waals surface area contributed by atoms with Crippen molar-refractivity contribution in [3.63, 3.8) is 0 Å². The molecule has 150 valence electrons. The lowest BCUT2D eigenvalue weighted by Gasteiger charge is -2.30. The molecule has 10 heteroatoms. The third kappa shape index (κ3) is 6.81. The topological polar surface area (TPSA) is 73.8 Å². The van der Waals surface area contributed by atoms with E-state index in [0.29, 0.717) is 0 Å². The van der Waals surface area contributed by atoms with Crippen molar-refractivity contribution in [1.29, 1.82) is 0 Å². The molecule has 1 aromatic carbocycles. The summed E-state index contributed by atoms with van der Waals surface area (Å²) in [6.07, 6.45) is 0. The number of benzene rings is 1. The van der Waals surface area contributed by atoms with E-state index in [2.05, 4.69) is 0 Å². The Morgan fingerprint density at radius 1 is 0.615 bits per heavy atom. The molecule has 0 atom stereocenters. The van der Waals surface area contributed by atoms with Crippen LogP contribution < -0.4 is 10.4 Å². The zero-order chi connectivity index (χ0) is 19.5. The van der Waals surface area contributed by atoms with Gasteiger partial charge in [-0.05, 0) is 10.4 Å². The standard InChI is InChI=1S/C16H30O8Si2/c1-17-11-15(19-3,20-4)23-25-13-7-9-14(10-8-13)26-24-16(21-5,22-6)12-18-2/h7-10H,11-12,25-26H2,1-6H3. The van der Waals surface area contributed by atoms with Crippen LogP contribution in [0.15, 0.2) is 24.3 Å². The minimum absolute atomic E-state index is 0.196. The van der Waals surface area contributed by atoms with Crippen LogP contribution in [0.4, 0.5) is 0 Å². The number of methoxy groups -OCH3 is 6. The van der Waals surface area contributed by atoms with Crippen molar-refractivity contribution in [2.45, 2.75) is 11.9 Å². The lowest BCUT2D eigenvalue weighted by Crippen LogP contribution is -2.45. The summed E-state index contributed by atoms with van der Waals surface area (Å²) in [6.45, 7) is 0.392. The molecule has 0 amide bonds. The molecule has 0 N–H and O–H groups in total. The molecule has 0 aliphatic rings. The van der Waals surface area contributed by atoms with Gasteiger partial charge in [0.25, 0.3) is 11.9 Å².